The molecule has 1 heterocycles. The van der Waals surface area contributed by atoms with Crippen LogP contribution in [0.1, 0.15) is 40.5 Å². The highest BCUT2D eigenvalue weighted by atomic mass is 32.2. The molecule has 1 aliphatic rings. The van der Waals surface area contributed by atoms with Crippen LogP contribution in [0.25, 0.3) is 0 Å². The van der Waals surface area contributed by atoms with Crippen LogP contribution in [-0.4, -0.2) is 75.5 Å². The molecule has 244 valence electrons. The van der Waals surface area contributed by atoms with Crippen LogP contribution in [0, 0.1) is 5.92 Å². The molecule has 46 heavy (non-hydrogen) atoms. The second-order valence-corrected chi connectivity index (χ2v) is 13.4. The maximum Gasteiger partial charge on any atom is 0.338 e. The minimum atomic E-state index is -3.79. The highest BCUT2D eigenvalue weighted by molar-refractivity contribution is 7.91. The summed E-state index contributed by atoms with van der Waals surface area (Å²) in [6.07, 6.45) is -4.26. The number of ether oxygens (including phenoxy) is 4. The molecule has 0 bridgehead atoms. The average molecular weight is 649 g/mol. The van der Waals surface area contributed by atoms with Crippen molar-refractivity contribution < 1.29 is 42.1 Å². The van der Waals surface area contributed by atoms with Crippen LogP contribution in [0.3, 0.4) is 0 Å². The molecule has 0 amide bonds. The Balaban J connectivity index is 1.60. The van der Waals surface area contributed by atoms with E-state index in [1.807, 2.05) is 0 Å². The van der Waals surface area contributed by atoms with Crippen LogP contribution >= 0.6 is 0 Å². The lowest BCUT2D eigenvalue weighted by atomic mass is 9.90. The van der Waals surface area contributed by atoms with Gasteiger partial charge in [-0.15, -0.1) is 0 Å². The molecule has 3 aromatic carbocycles. The first-order valence-corrected chi connectivity index (χ1v) is 16.6. The summed E-state index contributed by atoms with van der Waals surface area (Å²) in [4.78, 5) is 26.0. The van der Waals surface area contributed by atoms with E-state index in [9.17, 15) is 23.1 Å². The van der Waals surface area contributed by atoms with Gasteiger partial charge in [0.05, 0.1) is 46.2 Å². The molecular formula is C36H40O9S. The van der Waals surface area contributed by atoms with Gasteiger partial charge in [-0.3, -0.25) is 0 Å². The van der Waals surface area contributed by atoms with Crippen molar-refractivity contribution in [1.82, 2.24) is 0 Å². The van der Waals surface area contributed by atoms with E-state index in [1.54, 1.807) is 85.8 Å². The number of aliphatic hydroxyl groups is 1. The molecule has 9 nitrogen and oxygen atoms in total. The lowest BCUT2D eigenvalue weighted by Crippen LogP contribution is -2.38. The minimum absolute atomic E-state index is 0.0229. The summed E-state index contributed by atoms with van der Waals surface area (Å²) in [6.45, 7) is 9.21. The lowest BCUT2D eigenvalue weighted by molar-refractivity contribution is -0.0560. The molecule has 0 aliphatic carbocycles. The number of hydrogen-bond acceptors (Lipinski definition) is 9. The Hall–Kier alpha value is -4.09. The molecule has 4 rings (SSSR count). The molecule has 6 atom stereocenters. The Morgan fingerprint density at radius 3 is 1.93 bits per heavy atom. The fraction of sp³-hybridized carbons (Fsp3) is 0.333. The van der Waals surface area contributed by atoms with E-state index in [2.05, 4.69) is 13.2 Å². The van der Waals surface area contributed by atoms with Crippen LogP contribution in [0.5, 0.6) is 0 Å². The van der Waals surface area contributed by atoms with Crippen LogP contribution < -0.4 is 0 Å². The zero-order valence-electron chi connectivity index (χ0n) is 26.0. The normalized spacial score (nSPS) is 20.8. The highest BCUT2D eigenvalue weighted by Gasteiger charge is 2.48. The third-order valence-electron chi connectivity index (χ3n) is 8.00. The summed E-state index contributed by atoms with van der Waals surface area (Å²) in [5, 5.41) is 10.9. The van der Waals surface area contributed by atoms with E-state index >= 15 is 0 Å². The first-order valence-electron chi connectivity index (χ1n) is 15.0. The molecule has 1 N–H and O–H groups in total. The van der Waals surface area contributed by atoms with Gasteiger partial charge in [-0.05, 0) is 48.9 Å². The smallest absolute Gasteiger partial charge is 0.338 e. The Kier molecular flexibility index (Phi) is 12.1. The first-order chi connectivity index (χ1) is 22.0. The predicted octanol–water partition coefficient (Wildman–Crippen LogP) is 5.21. The number of sulfone groups is 1. The van der Waals surface area contributed by atoms with Gasteiger partial charge >= 0.3 is 11.9 Å². The molecule has 1 aliphatic heterocycles. The van der Waals surface area contributed by atoms with Crippen LogP contribution in [-0.2, 0) is 28.8 Å². The summed E-state index contributed by atoms with van der Waals surface area (Å²) < 4.78 is 50.7. The molecule has 3 aromatic rings. The number of hydrogen-bond donors (Lipinski definition) is 1. The highest BCUT2D eigenvalue weighted by Crippen LogP contribution is 2.37. The monoisotopic (exact) mass is 648 g/mol. The van der Waals surface area contributed by atoms with Crippen molar-refractivity contribution in [2.75, 3.05) is 19.5 Å². The maximum atomic E-state index is 13.5. The van der Waals surface area contributed by atoms with Gasteiger partial charge in [-0.1, -0.05) is 73.3 Å². The van der Waals surface area contributed by atoms with E-state index in [0.29, 0.717) is 22.3 Å². The fourth-order valence-corrected chi connectivity index (χ4v) is 7.17. The summed E-state index contributed by atoms with van der Waals surface area (Å²) in [6, 6.07) is 24.9. The van der Waals surface area contributed by atoms with Crippen molar-refractivity contribution in [3.8, 4) is 0 Å². The maximum absolute atomic E-state index is 13.5. The molecular weight excluding hydrogens is 608 g/mol. The van der Waals surface area contributed by atoms with Crippen LogP contribution in [0.2, 0.25) is 0 Å². The van der Waals surface area contributed by atoms with Crippen molar-refractivity contribution >= 4 is 21.8 Å². The Labute approximate surface area is 270 Å². The molecule has 0 saturated carbocycles. The third-order valence-corrected chi connectivity index (χ3v) is 9.81. The zero-order chi connectivity index (χ0) is 33.3. The van der Waals surface area contributed by atoms with E-state index in [-0.39, 0.29) is 30.1 Å². The standard InChI is InChI=1S/C36H40O9S/c1-24(2)25(3)31(37)21-32-30(23-46(40,41)29-18-12-7-13-19-29)34(42-4)33(45-32)20-28(44-36(39)27-16-10-6-11-17-27)22-43-35(38)26-14-8-5-9-15-26/h5-19,28,30-34,37H,1,3,20-23H2,2,4H3/t28-,30?,31-,32-,33?,34+/m0/s1. The molecule has 0 aromatic heterocycles. The van der Waals surface area contributed by atoms with Gasteiger partial charge in [0, 0.05) is 25.9 Å². The number of carbonyl (C=O) groups excluding carboxylic acids is 2. The summed E-state index contributed by atoms with van der Waals surface area (Å²) >= 11 is 0. The van der Waals surface area contributed by atoms with Crippen molar-refractivity contribution in [2.24, 2.45) is 5.92 Å². The topological polar surface area (TPSA) is 125 Å². The van der Waals surface area contributed by atoms with E-state index in [4.69, 9.17) is 18.9 Å². The van der Waals surface area contributed by atoms with Gasteiger partial charge in [0.2, 0.25) is 0 Å². The number of rotatable bonds is 15. The Bertz CT molecular complexity index is 1590. The molecule has 0 spiro atoms. The molecule has 10 heteroatoms. The van der Waals surface area contributed by atoms with Crippen LogP contribution in [0.15, 0.2) is 120 Å². The number of esters is 2. The quantitative estimate of drug-likeness (QED) is 0.175. The SMILES string of the molecule is C=C(C)C(=C)[C@@H](O)C[C@@H]1OC(C[C@@H](COC(=O)c2ccccc2)OC(=O)c2ccccc2)[C@H](OC)C1CS(=O)(=O)c1ccccc1. The second kappa shape index (κ2) is 16.0. The predicted molar refractivity (Wildman–Crippen MR) is 173 cm³/mol. The summed E-state index contributed by atoms with van der Waals surface area (Å²) in [5.41, 5.74) is 1.64. The second-order valence-electron chi connectivity index (χ2n) is 11.3. The first kappa shape index (κ1) is 34.8. The molecule has 1 fully saturated rings. The van der Waals surface area contributed by atoms with Crippen molar-refractivity contribution in [3.63, 3.8) is 0 Å². The fourth-order valence-electron chi connectivity index (χ4n) is 5.49. The van der Waals surface area contributed by atoms with Crippen LogP contribution in [0.4, 0.5) is 0 Å². The van der Waals surface area contributed by atoms with Gasteiger partial charge < -0.3 is 24.1 Å². The number of benzene rings is 3. The molecule has 0 radical (unpaired) electrons. The van der Waals surface area contributed by atoms with Crippen molar-refractivity contribution in [3.05, 3.63) is 126 Å². The summed E-state index contributed by atoms with van der Waals surface area (Å²) in [7, 11) is -2.33. The zero-order valence-corrected chi connectivity index (χ0v) is 26.8. The molecule has 2 unspecified atom stereocenters. The van der Waals surface area contributed by atoms with Crippen molar-refractivity contribution in [1.29, 1.82) is 0 Å². The number of methoxy groups -OCH3 is 1. The van der Waals surface area contributed by atoms with Gasteiger partial charge in [0.25, 0.3) is 0 Å². The van der Waals surface area contributed by atoms with Gasteiger partial charge in [0.15, 0.2) is 9.84 Å². The van der Waals surface area contributed by atoms with E-state index in [0.717, 1.165) is 0 Å². The molecule has 1 saturated heterocycles. The number of carbonyl (C=O) groups is 2. The Morgan fingerprint density at radius 1 is 0.848 bits per heavy atom. The number of aliphatic hydroxyl groups excluding tert-OH is 1. The largest absolute Gasteiger partial charge is 0.458 e. The van der Waals surface area contributed by atoms with Gasteiger partial charge in [-0.2, -0.15) is 0 Å². The van der Waals surface area contributed by atoms with Gasteiger partial charge in [0.1, 0.15) is 12.7 Å². The minimum Gasteiger partial charge on any atom is -0.458 e. The Morgan fingerprint density at radius 2 is 1.39 bits per heavy atom. The van der Waals surface area contributed by atoms with E-state index < -0.39 is 58.2 Å². The third kappa shape index (κ3) is 9.01. The van der Waals surface area contributed by atoms with Crippen molar-refractivity contribution in [2.45, 2.75) is 55.2 Å². The van der Waals surface area contributed by atoms with E-state index in [1.165, 1.54) is 19.2 Å². The lowest BCUT2D eigenvalue weighted by Gasteiger charge is -2.26. The van der Waals surface area contributed by atoms with Gasteiger partial charge in [-0.25, -0.2) is 18.0 Å². The average Bonchev–Trinajstić information content (AvgIpc) is 3.37. The summed E-state index contributed by atoms with van der Waals surface area (Å²) in [5.74, 6) is -2.24.